The van der Waals surface area contributed by atoms with E-state index >= 15 is 0 Å². The Balaban J connectivity index is 1.67. The average Bonchev–Trinajstić information content (AvgIpc) is 3.29. The summed E-state index contributed by atoms with van der Waals surface area (Å²) in [5, 5.41) is 4.06. The summed E-state index contributed by atoms with van der Waals surface area (Å²) in [4.78, 5) is 19.1. The molecule has 3 rings (SSSR count). The van der Waals surface area contributed by atoms with Crippen LogP contribution in [0.2, 0.25) is 0 Å². The highest BCUT2D eigenvalue weighted by atomic mass is 32.2. The maximum Gasteiger partial charge on any atom is 0.251 e. The summed E-state index contributed by atoms with van der Waals surface area (Å²) in [5.41, 5.74) is 1.77. The van der Waals surface area contributed by atoms with E-state index < -0.39 is 0 Å². The van der Waals surface area contributed by atoms with Crippen LogP contribution in [0.1, 0.15) is 16.8 Å². The molecule has 5 nitrogen and oxygen atoms in total. The summed E-state index contributed by atoms with van der Waals surface area (Å²) in [6, 6.07) is 7.67. The van der Waals surface area contributed by atoms with Gasteiger partial charge in [0.25, 0.3) is 5.91 Å². The van der Waals surface area contributed by atoms with Crippen LogP contribution in [0, 0.1) is 0 Å². The minimum Gasteiger partial charge on any atom is -0.350 e. The number of carbonyl (C=O) groups excluding carboxylic acids is 1. The lowest BCUT2D eigenvalue weighted by molar-refractivity contribution is 0.0914. The summed E-state index contributed by atoms with van der Waals surface area (Å²) >= 11 is 3.55. The van der Waals surface area contributed by atoms with Crippen LogP contribution in [0.3, 0.4) is 0 Å². The van der Waals surface area contributed by atoms with Gasteiger partial charge in [-0.25, -0.2) is 4.98 Å². The fraction of sp³-hybridized carbons (Fsp3) is 0.444. The predicted octanol–water partition coefficient (Wildman–Crippen LogP) is 2.76. The first-order chi connectivity index (χ1) is 12.1. The maximum atomic E-state index is 12.5. The molecule has 1 amide bonds. The van der Waals surface area contributed by atoms with Gasteiger partial charge in [0.1, 0.15) is 0 Å². The number of nitrogens with zero attached hydrogens (tertiary/aromatic N) is 3. The number of hydrogen-bond donors (Lipinski definition) is 1. The van der Waals surface area contributed by atoms with Gasteiger partial charge in [-0.3, -0.25) is 9.36 Å². The molecule has 0 bridgehead atoms. The number of carbonyl (C=O) groups is 1. The molecule has 7 heteroatoms. The molecule has 0 saturated carbocycles. The summed E-state index contributed by atoms with van der Waals surface area (Å²) in [7, 11) is 4.20. The van der Waals surface area contributed by atoms with Crippen molar-refractivity contribution in [2.24, 2.45) is 0 Å². The monoisotopic (exact) mass is 376 g/mol. The standard InChI is InChI=1S/C18H24N4OS2/c1-21(2)18(8-11-25-13-18)12-20-16(23)14-4-6-15(7-5-14)22-10-9-19-17(22)24-3/h4-7,9-10H,8,11-13H2,1-3H3,(H,20,23)/t18-/m0/s1. The van der Waals surface area contributed by atoms with Gasteiger partial charge < -0.3 is 10.2 Å². The van der Waals surface area contributed by atoms with E-state index in [2.05, 4.69) is 29.3 Å². The smallest absolute Gasteiger partial charge is 0.251 e. The van der Waals surface area contributed by atoms with E-state index in [9.17, 15) is 4.79 Å². The van der Waals surface area contributed by atoms with Gasteiger partial charge in [-0.1, -0.05) is 11.8 Å². The second kappa shape index (κ2) is 7.85. The van der Waals surface area contributed by atoms with Crippen molar-refractivity contribution in [3.05, 3.63) is 42.2 Å². The normalized spacial score (nSPS) is 20.2. The number of benzene rings is 1. The molecular formula is C18H24N4OS2. The molecule has 1 saturated heterocycles. The van der Waals surface area contributed by atoms with E-state index in [4.69, 9.17) is 0 Å². The van der Waals surface area contributed by atoms with Crippen LogP contribution in [0.4, 0.5) is 0 Å². The van der Waals surface area contributed by atoms with Crippen LogP contribution in [0.15, 0.2) is 41.8 Å². The van der Waals surface area contributed by atoms with E-state index in [1.54, 1.807) is 18.0 Å². The molecule has 1 atom stereocenters. The van der Waals surface area contributed by atoms with Gasteiger partial charge in [0, 0.05) is 41.5 Å². The molecule has 0 radical (unpaired) electrons. The zero-order valence-electron chi connectivity index (χ0n) is 14.9. The van der Waals surface area contributed by atoms with Crippen molar-refractivity contribution in [3.63, 3.8) is 0 Å². The summed E-state index contributed by atoms with van der Waals surface area (Å²) in [5.74, 6) is 2.21. The Bertz CT molecular complexity index is 721. The van der Waals surface area contributed by atoms with Gasteiger partial charge in [0.15, 0.2) is 5.16 Å². The number of hydrogen-bond acceptors (Lipinski definition) is 5. The Morgan fingerprint density at radius 3 is 2.76 bits per heavy atom. The van der Waals surface area contributed by atoms with Crippen LogP contribution in [0.25, 0.3) is 5.69 Å². The van der Waals surface area contributed by atoms with Crippen LogP contribution in [-0.4, -0.2) is 64.3 Å². The Hall–Kier alpha value is -1.44. The predicted molar refractivity (Wildman–Crippen MR) is 106 cm³/mol. The van der Waals surface area contributed by atoms with Crippen molar-refractivity contribution >= 4 is 29.4 Å². The largest absolute Gasteiger partial charge is 0.350 e. The molecule has 0 spiro atoms. The second-order valence-corrected chi connectivity index (χ2v) is 8.31. The van der Waals surface area contributed by atoms with Gasteiger partial charge in [0.05, 0.1) is 0 Å². The lowest BCUT2D eigenvalue weighted by Gasteiger charge is -2.35. The number of imidazole rings is 1. The minimum atomic E-state index is -0.0135. The third-order valence-electron chi connectivity index (χ3n) is 4.81. The number of amides is 1. The van der Waals surface area contributed by atoms with Crippen LogP contribution in [0.5, 0.6) is 0 Å². The van der Waals surface area contributed by atoms with Crippen molar-refractivity contribution in [2.45, 2.75) is 17.1 Å². The molecule has 25 heavy (non-hydrogen) atoms. The highest BCUT2D eigenvalue weighted by Gasteiger charge is 2.36. The third-order valence-corrected chi connectivity index (χ3v) is 6.71. The molecule has 1 aliphatic rings. The summed E-state index contributed by atoms with van der Waals surface area (Å²) in [6.07, 6.45) is 6.83. The molecular weight excluding hydrogens is 352 g/mol. The zero-order chi connectivity index (χ0) is 17.9. The van der Waals surface area contributed by atoms with E-state index in [1.165, 1.54) is 0 Å². The highest BCUT2D eigenvalue weighted by molar-refractivity contribution is 7.99. The lowest BCUT2D eigenvalue weighted by Crippen LogP contribution is -2.53. The zero-order valence-corrected chi connectivity index (χ0v) is 16.5. The van der Waals surface area contributed by atoms with Crippen molar-refractivity contribution in [2.75, 3.05) is 38.4 Å². The Kier molecular flexibility index (Phi) is 5.76. The molecule has 2 aromatic rings. The molecule has 0 unspecified atom stereocenters. The van der Waals surface area contributed by atoms with Crippen LogP contribution >= 0.6 is 23.5 Å². The van der Waals surface area contributed by atoms with Gasteiger partial charge in [-0.15, -0.1) is 0 Å². The molecule has 134 valence electrons. The van der Waals surface area contributed by atoms with E-state index in [1.807, 2.05) is 53.0 Å². The van der Waals surface area contributed by atoms with Gasteiger partial charge >= 0.3 is 0 Å². The molecule has 1 N–H and O–H groups in total. The number of thioether (sulfide) groups is 2. The quantitative estimate of drug-likeness (QED) is 0.786. The van der Waals surface area contributed by atoms with E-state index in [0.717, 1.165) is 28.8 Å². The van der Waals surface area contributed by atoms with Crippen molar-refractivity contribution in [3.8, 4) is 5.69 Å². The van der Waals surface area contributed by atoms with Gasteiger partial charge in [-0.2, -0.15) is 11.8 Å². The Morgan fingerprint density at radius 2 is 2.16 bits per heavy atom. The topological polar surface area (TPSA) is 50.2 Å². The molecule has 1 aromatic carbocycles. The van der Waals surface area contributed by atoms with Gasteiger partial charge in [0.2, 0.25) is 0 Å². The maximum absolute atomic E-state index is 12.5. The van der Waals surface area contributed by atoms with Crippen molar-refractivity contribution < 1.29 is 4.79 Å². The first-order valence-corrected chi connectivity index (χ1v) is 10.6. The minimum absolute atomic E-state index is 0.0135. The SMILES string of the molecule is CSc1nccn1-c1ccc(C(=O)NC[C@@]2(N(C)C)CCSC2)cc1. The molecule has 1 fully saturated rings. The molecule has 2 heterocycles. The summed E-state index contributed by atoms with van der Waals surface area (Å²) in [6.45, 7) is 0.686. The molecule has 1 aliphatic heterocycles. The summed E-state index contributed by atoms with van der Waals surface area (Å²) < 4.78 is 2.02. The fourth-order valence-electron chi connectivity index (χ4n) is 3.00. The van der Waals surface area contributed by atoms with Gasteiger partial charge in [-0.05, 0) is 56.8 Å². The van der Waals surface area contributed by atoms with Crippen molar-refractivity contribution in [1.29, 1.82) is 0 Å². The Labute approximate surface area is 157 Å². The third kappa shape index (κ3) is 3.88. The molecule has 0 aliphatic carbocycles. The lowest BCUT2D eigenvalue weighted by atomic mass is 9.97. The van der Waals surface area contributed by atoms with Crippen molar-refractivity contribution in [1.82, 2.24) is 19.8 Å². The Morgan fingerprint density at radius 1 is 1.40 bits per heavy atom. The number of aromatic nitrogens is 2. The van der Waals surface area contributed by atoms with Crippen LogP contribution < -0.4 is 5.32 Å². The fourth-order valence-corrected chi connectivity index (χ4v) is 5.09. The number of rotatable bonds is 6. The first-order valence-electron chi connectivity index (χ1n) is 8.27. The number of nitrogens with one attached hydrogen (secondary N) is 1. The van der Waals surface area contributed by atoms with Crippen LogP contribution in [-0.2, 0) is 0 Å². The highest BCUT2D eigenvalue weighted by Crippen LogP contribution is 2.31. The average molecular weight is 377 g/mol. The first kappa shape index (κ1) is 18.4. The second-order valence-electron chi connectivity index (χ2n) is 6.43. The van der Waals surface area contributed by atoms with E-state index in [0.29, 0.717) is 12.1 Å². The molecule has 1 aromatic heterocycles. The number of likely N-dealkylation sites (N-methyl/N-ethyl adjacent to an activating group) is 1. The van der Waals surface area contributed by atoms with E-state index in [-0.39, 0.29) is 11.4 Å².